The van der Waals surface area contributed by atoms with Crippen molar-refractivity contribution in [3.63, 3.8) is 0 Å². The second-order valence-corrected chi connectivity index (χ2v) is 5.13. The summed E-state index contributed by atoms with van der Waals surface area (Å²) < 4.78 is 11.0. The molecule has 122 valence electrons. The number of nitrogens with two attached hydrogens (primary N) is 1. The van der Waals surface area contributed by atoms with Crippen molar-refractivity contribution in [3.05, 3.63) is 47.0 Å². The highest BCUT2D eigenvalue weighted by molar-refractivity contribution is 6.34. The van der Waals surface area contributed by atoms with Crippen LogP contribution in [0.25, 0.3) is 0 Å². The molecule has 0 aromatic heterocycles. The van der Waals surface area contributed by atoms with Crippen LogP contribution >= 0.6 is 11.6 Å². The molecule has 1 amide bonds. The van der Waals surface area contributed by atoms with E-state index in [9.17, 15) is 4.79 Å². The lowest BCUT2D eigenvalue weighted by Gasteiger charge is -2.13. The summed E-state index contributed by atoms with van der Waals surface area (Å²) in [7, 11) is 0. The number of amides is 1. The molecule has 0 aliphatic carbocycles. The first kappa shape index (κ1) is 17.0. The molecule has 0 unspecified atom stereocenters. The van der Waals surface area contributed by atoms with E-state index in [1.165, 1.54) is 0 Å². The molecule has 0 saturated heterocycles. The molecule has 23 heavy (non-hydrogen) atoms. The molecule has 2 aromatic rings. The van der Waals surface area contributed by atoms with Crippen LogP contribution in [0.2, 0.25) is 5.02 Å². The van der Waals surface area contributed by atoms with Crippen LogP contribution in [0.3, 0.4) is 0 Å². The number of nitrogen functional groups attached to an aromatic ring is 1. The Labute approximate surface area is 140 Å². The van der Waals surface area contributed by atoms with E-state index >= 15 is 0 Å². The van der Waals surface area contributed by atoms with Crippen LogP contribution < -0.4 is 20.5 Å². The first-order chi connectivity index (χ1) is 11.0. The van der Waals surface area contributed by atoms with Crippen LogP contribution in [-0.2, 0) is 0 Å². The molecule has 0 spiro atoms. The van der Waals surface area contributed by atoms with Gasteiger partial charge in [0.1, 0.15) is 0 Å². The molecule has 0 aliphatic rings. The van der Waals surface area contributed by atoms with Crippen LogP contribution in [0.5, 0.6) is 11.5 Å². The molecule has 0 heterocycles. The van der Waals surface area contributed by atoms with E-state index in [0.29, 0.717) is 46.7 Å². The Morgan fingerprint density at radius 3 is 2.43 bits per heavy atom. The molecule has 6 heteroatoms. The molecule has 0 atom stereocenters. The van der Waals surface area contributed by atoms with Gasteiger partial charge in [0.2, 0.25) is 0 Å². The second-order valence-electron chi connectivity index (χ2n) is 4.72. The monoisotopic (exact) mass is 334 g/mol. The van der Waals surface area contributed by atoms with Gasteiger partial charge in [-0.15, -0.1) is 0 Å². The fourth-order valence-corrected chi connectivity index (χ4v) is 2.26. The SMILES string of the molecule is CCOc1ccc(C(=O)Nc2ccc(N)cc2Cl)cc1OCC. The molecule has 5 nitrogen and oxygen atoms in total. The summed E-state index contributed by atoms with van der Waals surface area (Å²) in [5.41, 5.74) is 7.12. The lowest BCUT2D eigenvalue weighted by molar-refractivity contribution is 0.102. The summed E-state index contributed by atoms with van der Waals surface area (Å²) in [6, 6.07) is 9.96. The minimum absolute atomic E-state index is 0.291. The lowest BCUT2D eigenvalue weighted by atomic mass is 10.1. The number of hydrogen-bond donors (Lipinski definition) is 2. The summed E-state index contributed by atoms with van der Waals surface area (Å²) in [5, 5.41) is 3.14. The van der Waals surface area contributed by atoms with Crippen molar-refractivity contribution in [1.82, 2.24) is 0 Å². The first-order valence-corrected chi connectivity index (χ1v) is 7.69. The number of carbonyl (C=O) groups excluding carboxylic acids is 1. The van der Waals surface area contributed by atoms with Crippen molar-refractivity contribution in [1.29, 1.82) is 0 Å². The van der Waals surface area contributed by atoms with E-state index in [2.05, 4.69) is 5.32 Å². The van der Waals surface area contributed by atoms with Crippen LogP contribution in [0.1, 0.15) is 24.2 Å². The zero-order valence-corrected chi connectivity index (χ0v) is 13.8. The average molecular weight is 335 g/mol. The molecule has 0 aliphatic heterocycles. The predicted octanol–water partition coefficient (Wildman–Crippen LogP) is 3.97. The van der Waals surface area contributed by atoms with Crippen molar-refractivity contribution in [2.24, 2.45) is 0 Å². The minimum Gasteiger partial charge on any atom is -0.490 e. The third-order valence-electron chi connectivity index (χ3n) is 3.05. The molecule has 0 saturated carbocycles. The van der Waals surface area contributed by atoms with Crippen LogP contribution in [-0.4, -0.2) is 19.1 Å². The van der Waals surface area contributed by atoms with Gasteiger partial charge in [-0.05, 0) is 50.2 Å². The molecule has 3 N–H and O–H groups in total. The third kappa shape index (κ3) is 4.29. The van der Waals surface area contributed by atoms with Gasteiger partial charge in [0.15, 0.2) is 11.5 Å². The number of rotatable bonds is 6. The summed E-state index contributed by atoms with van der Waals surface area (Å²) in [4.78, 5) is 12.4. The number of anilines is 2. The number of nitrogens with one attached hydrogen (secondary N) is 1. The normalized spacial score (nSPS) is 10.2. The fourth-order valence-electron chi connectivity index (χ4n) is 2.02. The van der Waals surface area contributed by atoms with Gasteiger partial charge < -0.3 is 20.5 Å². The Balaban J connectivity index is 2.23. The van der Waals surface area contributed by atoms with E-state index in [4.69, 9.17) is 26.8 Å². The minimum atomic E-state index is -0.291. The Bertz CT molecular complexity index is 704. The molecule has 2 aromatic carbocycles. The van der Waals surface area contributed by atoms with Gasteiger partial charge in [-0.3, -0.25) is 4.79 Å². The molecular formula is C17H19ClN2O3. The van der Waals surface area contributed by atoms with Gasteiger partial charge in [-0.25, -0.2) is 0 Å². The van der Waals surface area contributed by atoms with E-state index in [0.717, 1.165) is 0 Å². The Morgan fingerprint density at radius 1 is 1.09 bits per heavy atom. The smallest absolute Gasteiger partial charge is 0.255 e. The number of halogens is 1. The number of hydrogen-bond acceptors (Lipinski definition) is 4. The van der Waals surface area contributed by atoms with Crippen molar-refractivity contribution in [2.45, 2.75) is 13.8 Å². The largest absolute Gasteiger partial charge is 0.490 e. The number of carbonyl (C=O) groups is 1. The molecule has 0 fully saturated rings. The fraction of sp³-hybridized carbons (Fsp3) is 0.235. The van der Waals surface area contributed by atoms with Gasteiger partial charge in [-0.2, -0.15) is 0 Å². The van der Waals surface area contributed by atoms with E-state index in [-0.39, 0.29) is 5.91 Å². The quantitative estimate of drug-likeness (QED) is 0.784. The van der Waals surface area contributed by atoms with Gasteiger partial charge in [0.05, 0.1) is 23.9 Å². The van der Waals surface area contributed by atoms with Gasteiger partial charge in [0, 0.05) is 11.3 Å². The van der Waals surface area contributed by atoms with E-state index < -0.39 is 0 Å². The maximum atomic E-state index is 12.4. The average Bonchev–Trinajstić information content (AvgIpc) is 2.52. The van der Waals surface area contributed by atoms with Crippen molar-refractivity contribution in [2.75, 3.05) is 24.3 Å². The van der Waals surface area contributed by atoms with Crippen LogP contribution in [0.15, 0.2) is 36.4 Å². The maximum Gasteiger partial charge on any atom is 0.255 e. The van der Waals surface area contributed by atoms with Crippen LogP contribution in [0.4, 0.5) is 11.4 Å². The van der Waals surface area contributed by atoms with Crippen molar-refractivity contribution in [3.8, 4) is 11.5 Å². The number of benzene rings is 2. The highest BCUT2D eigenvalue weighted by Crippen LogP contribution is 2.30. The standard InChI is InChI=1S/C17H19ClN2O3/c1-3-22-15-8-5-11(9-16(15)23-4-2)17(21)20-14-7-6-12(19)10-13(14)18/h5-10H,3-4,19H2,1-2H3,(H,20,21). The van der Waals surface area contributed by atoms with Crippen molar-refractivity contribution < 1.29 is 14.3 Å². The zero-order valence-electron chi connectivity index (χ0n) is 13.1. The summed E-state index contributed by atoms with van der Waals surface area (Å²) >= 11 is 6.07. The van der Waals surface area contributed by atoms with Gasteiger partial charge in [0.25, 0.3) is 5.91 Å². The lowest BCUT2D eigenvalue weighted by Crippen LogP contribution is -2.13. The van der Waals surface area contributed by atoms with Gasteiger partial charge >= 0.3 is 0 Å². The first-order valence-electron chi connectivity index (χ1n) is 7.31. The number of ether oxygens (including phenoxy) is 2. The van der Waals surface area contributed by atoms with E-state index in [1.807, 2.05) is 13.8 Å². The molecule has 0 radical (unpaired) electrons. The predicted molar refractivity (Wildman–Crippen MR) is 92.6 cm³/mol. The Morgan fingerprint density at radius 2 is 1.78 bits per heavy atom. The molecular weight excluding hydrogens is 316 g/mol. The highest BCUT2D eigenvalue weighted by atomic mass is 35.5. The third-order valence-corrected chi connectivity index (χ3v) is 3.36. The van der Waals surface area contributed by atoms with Crippen molar-refractivity contribution >= 4 is 28.9 Å². The Kier molecular flexibility index (Phi) is 5.71. The molecule has 2 rings (SSSR count). The summed E-state index contributed by atoms with van der Waals surface area (Å²) in [5.74, 6) is 0.850. The second kappa shape index (κ2) is 7.74. The highest BCUT2D eigenvalue weighted by Gasteiger charge is 2.13. The van der Waals surface area contributed by atoms with Crippen LogP contribution in [0, 0.1) is 0 Å². The summed E-state index contributed by atoms with van der Waals surface area (Å²) in [6.45, 7) is 4.76. The van der Waals surface area contributed by atoms with Gasteiger partial charge in [-0.1, -0.05) is 11.6 Å². The zero-order chi connectivity index (χ0) is 16.8. The maximum absolute atomic E-state index is 12.4. The topological polar surface area (TPSA) is 73.6 Å². The molecule has 0 bridgehead atoms. The Hall–Kier alpha value is -2.40. The summed E-state index contributed by atoms with van der Waals surface area (Å²) in [6.07, 6.45) is 0. The van der Waals surface area contributed by atoms with E-state index in [1.54, 1.807) is 36.4 Å².